The fraction of sp³-hybridized carbons (Fsp3) is 0.321. The second-order valence-electron chi connectivity index (χ2n) is 9.45. The molecule has 1 aliphatic carbocycles. The number of fused-ring (bicyclic) bond motifs is 1. The highest BCUT2D eigenvalue weighted by Gasteiger charge is 2.53. The molecule has 2 fully saturated rings. The predicted molar refractivity (Wildman–Crippen MR) is 133 cm³/mol. The van der Waals surface area contributed by atoms with Crippen molar-refractivity contribution in [2.45, 2.75) is 37.3 Å². The first-order valence-corrected chi connectivity index (χ1v) is 12.2. The van der Waals surface area contributed by atoms with Crippen LogP contribution < -0.4 is 14.8 Å². The minimum absolute atomic E-state index is 0.00610. The van der Waals surface area contributed by atoms with Gasteiger partial charge in [0.2, 0.25) is 0 Å². The summed E-state index contributed by atoms with van der Waals surface area (Å²) >= 11 is 0. The SMILES string of the molecule is COc1ccc(F)c(C(=O)N[C@@]23CCC[C@@H]2N(C(=O)c2cccnc2-c2ccc(F)c(F)c2)CC3)c1OC. The van der Waals surface area contributed by atoms with Gasteiger partial charge in [0.25, 0.3) is 11.8 Å². The van der Waals surface area contributed by atoms with E-state index in [2.05, 4.69) is 10.3 Å². The van der Waals surface area contributed by atoms with E-state index in [1.807, 2.05) is 0 Å². The number of hydrogen-bond donors (Lipinski definition) is 1. The lowest BCUT2D eigenvalue weighted by molar-refractivity contribution is 0.0694. The van der Waals surface area contributed by atoms with Gasteiger partial charge in [-0.3, -0.25) is 14.6 Å². The molecule has 10 heteroatoms. The van der Waals surface area contributed by atoms with Gasteiger partial charge < -0.3 is 19.7 Å². The second-order valence-corrected chi connectivity index (χ2v) is 9.45. The molecule has 2 aliphatic rings. The minimum atomic E-state index is -1.04. The van der Waals surface area contributed by atoms with Crippen LogP contribution in [0.15, 0.2) is 48.7 Å². The van der Waals surface area contributed by atoms with Crippen molar-refractivity contribution in [3.63, 3.8) is 0 Å². The molecule has 1 aromatic heterocycles. The average Bonchev–Trinajstić information content (AvgIpc) is 3.48. The number of pyridine rings is 1. The number of nitrogens with zero attached hydrogens (tertiary/aromatic N) is 2. The Bertz CT molecular complexity index is 1420. The summed E-state index contributed by atoms with van der Waals surface area (Å²) in [6.07, 6.45) is 3.97. The topological polar surface area (TPSA) is 80.8 Å². The molecule has 198 valence electrons. The van der Waals surface area contributed by atoms with Crippen LogP contribution in [0.25, 0.3) is 11.3 Å². The highest BCUT2D eigenvalue weighted by molar-refractivity contribution is 6.01. The molecule has 3 aromatic rings. The van der Waals surface area contributed by atoms with E-state index >= 15 is 0 Å². The lowest BCUT2D eigenvalue weighted by Crippen LogP contribution is -2.54. The molecule has 0 spiro atoms. The molecule has 0 radical (unpaired) electrons. The fourth-order valence-electron chi connectivity index (χ4n) is 5.74. The first-order valence-electron chi connectivity index (χ1n) is 12.2. The number of benzene rings is 2. The number of halogens is 3. The number of amides is 2. The summed E-state index contributed by atoms with van der Waals surface area (Å²) in [6, 6.07) is 8.77. The van der Waals surface area contributed by atoms with Crippen LogP contribution in [-0.2, 0) is 0 Å². The van der Waals surface area contributed by atoms with Gasteiger partial charge in [-0.1, -0.05) is 0 Å². The summed E-state index contributed by atoms with van der Waals surface area (Å²) in [7, 11) is 2.73. The Labute approximate surface area is 217 Å². The van der Waals surface area contributed by atoms with Crippen LogP contribution in [0.3, 0.4) is 0 Å². The van der Waals surface area contributed by atoms with E-state index in [0.717, 1.165) is 24.6 Å². The van der Waals surface area contributed by atoms with E-state index < -0.39 is 28.9 Å². The maximum Gasteiger partial charge on any atom is 0.258 e. The molecule has 7 nitrogen and oxygen atoms in total. The number of ether oxygens (including phenoxy) is 2. The van der Waals surface area contributed by atoms with Gasteiger partial charge in [0.15, 0.2) is 23.1 Å². The highest BCUT2D eigenvalue weighted by Crippen LogP contribution is 2.43. The van der Waals surface area contributed by atoms with Crippen LogP contribution in [0.5, 0.6) is 11.5 Å². The molecule has 1 saturated carbocycles. The zero-order valence-corrected chi connectivity index (χ0v) is 20.9. The zero-order chi connectivity index (χ0) is 27.0. The number of nitrogens with one attached hydrogen (secondary N) is 1. The fourth-order valence-corrected chi connectivity index (χ4v) is 5.74. The first-order chi connectivity index (χ1) is 18.3. The monoisotopic (exact) mass is 525 g/mol. The van der Waals surface area contributed by atoms with Gasteiger partial charge in [0.05, 0.1) is 37.1 Å². The van der Waals surface area contributed by atoms with Crippen LogP contribution in [0, 0.1) is 17.5 Å². The molecule has 0 bridgehead atoms. The Hall–Kier alpha value is -4.08. The molecule has 1 N–H and O–H groups in total. The molecule has 2 heterocycles. The average molecular weight is 526 g/mol. The predicted octanol–water partition coefficient (Wildman–Crippen LogP) is 4.75. The number of hydrogen-bond acceptors (Lipinski definition) is 5. The number of methoxy groups -OCH3 is 2. The molecular formula is C28H26F3N3O4. The summed E-state index contributed by atoms with van der Waals surface area (Å²) in [5.41, 5.74) is -0.257. The van der Waals surface area contributed by atoms with Gasteiger partial charge >= 0.3 is 0 Å². The van der Waals surface area contributed by atoms with E-state index in [4.69, 9.17) is 9.47 Å². The molecule has 1 saturated heterocycles. The van der Waals surface area contributed by atoms with Crippen molar-refractivity contribution >= 4 is 11.8 Å². The lowest BCUT2D eigenvalue weighted by Gasteiger charge is -2.33. The standard InChI is InChI=1S/C28H26F3N3O4/c1-37-21-10-9-19(30)23(25(21)38-2)26(35)33-28-11-3-6-22(28)34(14-12-28)27(36)17-5-4-13-32-24(17)16-7-8-18(29)20(31)15-16/h4-5,7-10,13,15,22H,3,6,11-12,14H2,1-2H3,(H,33,35)/t22-,28+/m0/s1. The van der Waals surface area contributed by atoms with E-state index in [1.54, 1.807) is 17.0 Å². The zero-order valence-electron chi connectivity index (χ0n) is 20.9. The van der Waals surface area contributed by atoms with Gasteiger partial charge in [0.1, 0.15) is 11.4 Å². The van der Waals surface area contributed by atoms with Crippen LogP contribution in [-0.4, -0.2) is 54.0 Å². The van der Waals surface area contributed by atoms with Crippen LogP contribution in [0.1, 0.15) is 46.4 Å². The van der Waals surface area contributed by atoms with E-state index in [1.165, 1.54) is 32.5 Å². The minimum Gasteiger partial charge on any atom is -0.493 e. The molecule has 38 heavy (non-hydrogen) atoms. The van der Waals surface area contributed by atoms with Gasteiger partial charge in [-0.2, -0.15) is 0 Å². The third-order valence-corrected chi connectivity index (χ3v) is 7.49. The normalized spacial score (nSPS) is 20.2. The van der Waals surface area contributed by atoms with Gasteiger partial charge in [-0.15, -0.1) is 0 Å². The van der Waals surface area contributed by atoms with Crippen LogP contribution >= 0.6 is 0 Å². The molecule has 2 aromatic carbocycles. The summed E-state index contributed by atoms with van der Waals surface area (Å²) in [6.45, 7) is 0.355. The van der Waals surface area contributed by atoms with Crippen molar-refractivity contribution in [1.29, 1.82) is 0 Å². The van der Waals surface area contributed by atoms with Gasteiger partial charge in [0, 0.05) is 18.3 Å². The van der Waals surface area contributed by atoms with E-state index in [-0.39, 0.29) is 45.8 Å². The Morgan fingerprint density at radius 1 is 1.03 bits per heavy atom. The third kappa shape index (κ3) is 4.23. The highest BCUT2D eigenvalue weighted by atomic mass is 19.2. The maximum absolute atomic E-state index is 14.8. The number of likely N-dealkylation sites (tertiary alicyclic amines) is 1. The maximum atomic E-state index is 14.8. The molecule has 0 unspecified atom stereocenters. The summed E-state index contributed by atoms with van der Waals surface area (Å²) in [4.78, 5) is 33.1. The number of aromatic nitrogens is 1. The molecule has 2 atom stereocenters. The number of carbonyl (C=O) groups is 2. The lowest BCUT2D eigenvalue weighted by atomic mass is 9.92. The van der Waals surface area contributed by atoms with Crippen molar-refractivity contribution in [2.24, 2.45) is 0 Å². The van der Waals surface area contributed by atoms with E-state index in [0.29, 0.717) is 25.8 Å². The van der Waals surface area contributed by atoms with Crippen LogP contribution in [0.2, 0.25) is 0 Å². The molecular weight excluding hydrogens is 499 g/mol. The van der Waals surface area contributed by atoms with Crippen molar-refractivity contribution in [1.82, 2.24) is 15.2 Å². The van der Waals surface area contributed by atoms with Crippen molar-refractivity contribution in [3.8, 4) is 22.8 Å². The second kappa shape index (κ2) is 10.00. The van der Waals surface area contributed by atoms with Crippen molar-refractivity contribution in [2.75, 3.05) is 20.8 Å². The largest absolute Gasteiger partial charge is 0.493 e. The Kier molecular flexibility index (Phi) is 6.73. The van der Waals surface area contributed by atoms with Gasteiger partial charge in [-0.25, -0.2) is 13.2 Å². The Balaban J connectivity index is 1.44. The first kappa shape index (κ1) is 25.6. The van der Waals surface area contributed by atoms with E-state index in [9.17, 15) is 22.8 Å². The van der Waals surface area contributed by atoms with Crippen molar-refractivity contribution in [3.05, 3.63) is 77.2 Å². The third-order valence-electron chi connectivity index (χ3n) is 7.49. The van der Waals surface area contributed by atoms with Gasteiger partial charge in [-0.05, 0) is 68.1 Å². The summed E-state index contributed by atoms with van der Waals surface area (Å²) in [5.74, 6) is -3.53. The molecule has 5 rings (SSSR count). The van der Waals surface area contributed by atoms with Crippen LogP contribution in [0.4, 0.5) is 13.2 Å². The quantitative estimate of drug-likeness (QED) is 0.503. The molecule has 1 aliphatic heterocycles. The smallest absolute Gasteiger partial charge is 0.258 e. The Morgan fingerprint density at radius 2 is 1.82 bits per heavy atom. The Morgan fingerprint density at radius 3 is 2.55 bits per heavy atom. The summed E-state index contributed by atoms with van der Waals surface area (Å²) in [5, 5.41) is 3.02. The molecule has 2 amide bonds. The number of carbonyl (C=O) groups excluding carboxylic acids is 2. The van der Waals surface area contributed by atoms with Crippen molar-refractivity contribution < 1.29 is 32.2 Å². The summed E-state index contributed by atoms with van der Waals surface area (Å²) < 4.78 is 52.7. The number of rotatable bonds is 6.